The van der Waals surface area contributed by atoms with E-state index in [9.17, 15) is 5.26 Å². The summed E-state index contributed by atoms with van der Waals surface area (Å²) < 4.78 is 5.79. The highest BCUT2D eigenvalue weighted by atomic mass is 35.5. The third-order valence-electron chi connectivity index (χ3n) is 4.03. The van der Waals surface area contributed by atoms with E-state index in [1.54, 1.807) is 0 Å². The van der Waals surface area contributed by atoms with E-state index in [1.807, 2.05) is 85.8 Å². The standard InChI is InChI=1S/C23H18ClNO/c1-17-6-10-19(11-7-17)21(15-25)14-18-8-12-22(13-9-18)26-16-20-4-2-3-5-23(20)24/h2-14H,16H2,1H3/b21-14-. The summed E-state index contributed by atoms with van der Waals surface area (Å²) in [5.74, 6) is 0.760. The summed E-state index contributed by atoms with van der Waals surface area (Å²) in [5, 5.41) is 10.1. The molecular formula is C23H18ClNO. The fourth-order valence-electron chi connectivity index (χ4n) is 2.52. The molecule has 0 amide bonds. The maximum Gasteiger partial charge on any atom is 0.119 e. The maximum atomic E-state index is 9.45. The Labute approximate surface area is 158 Å². The molecule has 0 N–H and O–H groups in total. The van der Waals surface area contributed by atoms with Crippen LogP contribution in [-0.2, 0) is 6.61 Å². The Balaban J connectivity index is 1.71. The molecule has 0 aromatic heterocycles. The van der Waals surface area contributed by atoms with E-state index in [1.165, 1.54) is 5.56 Å². The lowest BCUT2D eigenvalue weighted by Gasteiger charge is -2.08. The highest BCUT2D eigenvalue weighted by Gasteiger charge is 2.03. The second kappa shape index (κ2) is 8.38. The van der Waals surface area contributed by atoms with Gasteiger partial charge in [-0.25, -0.2) is 0 Å². The maximum absolute atomic E-state index is 9.45. The van der Waals surface area contributed by atoms with Crippen LogP contribution >= 0.6 is 11.6 Å². The summed E-state index contributed by atoms with van der Waals surface area (Å²) in [6.45, 7) is 2.45. The zero-order chi connectivity index (χ0) is 18.4. The third-order valence-corrected chi connectivity index (χ3v) is 4.40. The average Bonchev–Trinajstić information content (AvgIpc) is 2.67. The summed E-state index contributed by atoms with van der Waals surface area (Å²) >= 11 is 6.14. The number of nitrogens with zero attached hydrogens (tertiary/aromatic N) is 1. The topological polar surface area (TPSA) is 33.0 Å². The van der Waals surface area contributed by atoms with E-state index in [-0.39, 0.29) is 0 Å². The first-order valence-electron chi connectivity index (χ1n) is 8.31. The van der Waals surface area contributed by atoms with Crippen LogP contribution in [0.25, 0.3) is 11.6 Å². The van der Waals surface area contributed by atoms with E-state index in [0.717, 1.165) is 22.4 Å². The number of aryl methyl sites for hydroxylation is 1. The van der Waals surface area contributed by atoms with Crippen LogP contribution in [0.5, 0.6) is 5.75 Å². The highest BCUT2D eigenvalue weighted by molar-refractivity contribution is 6.31. The van der Waals surface area contributed by atoms with Crippen molar-refractivity contribution in [2.75, 3.05) is 0 Å². The molecule has 128 valence electrons. The van der Waals surface area contributed by atoms with E-state index >= 15 is 0 Å². The van der Waals surface area contributed by atoms with Gasteiger partial charge in [0.05, 0.1) is 11.6 Å². The fraction of sp³-hybridized carbons (Fsp3) is 0.0870. The van der Waals surface area contributed by atoms with Gasteiger partial charge >= 0.3 is 0 Å². The molecule has 3 aromatic rings. The van der Waals surface area contributed by atoms with Crippen molar-refractivity contribution >= 4 is 23.3 Å². The van der Waals surface area contributed by atoms with Gasteiger partial charge in [0, 0.05) is 10.6 Å². The first kappa shape index (κ1) is 17.8. The summed E-state index contributed by atoms with van der Waals surface area (Å²) in [4.78, 5) is 0. The SMILES string of the molecule is Cc1ccc(/C(C#N)=C\c2ccc(OCc3ccccc3Cl)cc2)cc1. The average molecular weight is 360 g/mol. The molecule has 26 heavy (non-hydrogen) atoms. The van der Waals surface area contributed by atoms with Crippen LogP contribution < -0.4 is 4.74 Å². The van der Waals surface area contributed by atoms with E-state index in [4.69, 9.17) is 16.3 Å². The van der Waals surface area contributed by atoms with Gasteiger partial charge in [0.1, 0.15) is 12.4 Å². The van der Waals surface area contributed by atoms with Crippen molar-refractivity contribution in [1.29, 1.82) is 5.26 Å². The summed E-state index contributed by atoms with van der Waals surface area (Å²) in [6.07, 6.45) is 1.88. The van der Waals surface area contributed by atoms with E-state index < -0.39 is 0 Å². The van der Waals surface area contributed by atoms with Gasteiger partial charge in [0.15, 0.2) is 0 Å². The first-order chi connectivity index (χ1) is 12.7. The lowest BCUT2D eigenvalue weighted by Crippen LogP contribution is -1.95. The van der Waals surface area contributed by atoms with Gasteiger partial charge in [0.25, 0.3) is 0 Å². The number of halogens is 1. The van der Waals surface area contributed by atoms with Crippen LogP contribution in [0.2, 0.25) is 5.02 Å². The molecule has 0 bridgehead atoms. The summed E-state index contributed by atoms with van der Waals surface area (Å²) in [5.41, 5.74) is 4.62. The zero-order valence-corrected chi connectivity index (χ0v) is 15.2. The van der Waals surface area contributed by atoms with Crippen molar-refractivity contribution in [1.82, 2.24) is 0 Å². The molecule has 0 heterocycles. The lowest BCUT2D eigenvalue weighted by molar-refractivity contribution is 0.306. The molecule has 0 atom stereocenters. The van der Waals surface area contributed by atoms with Gasteiger partial charge in [0.2, 0.25) is 0 Å². The van der Waals surface area contributed by atoms with Crippen molar-refractivity contribution in [3.05, 3.63) is 100 Å². The van der Waals surface area contributed by atoms with Gasteiger partial charge in [-0.05, 0) is 42.3 Å². The molecule has 0 saturated carbocycles. The van der Waals surface area contributed by atoms with Crippen LogP contribution in [-0.4, -0.2) is 0 Å². The van der Waals surface area contributed by atoms with Crippen LogP contribution in [0.4, 0.5) is 0 Å². The van der Waals surface area contributed by atoms with Gasteiger partial charge in [-0.2, -0.15) is 5.26 Å². The number of nitriles is 1. The van der Waals surface area contributed by atoms with Crippen molar-refractivity contribution in [3.8, 4) is 11.8 Å². The van der Waals surface area contributed by atoms with Gasteiger partial charge in [-0.15, -0.1) is 0 Å². The first-order valence-corrected chi connectivity index (χ1v) is 8.68. The number of rotatable bonds is 5. The Hall–Kier alpha value is -3.02. The molecule has 2 nitrogen and oxygen atoms in total. The molecule has 3 rings (SSSR count). The van der Waals surface area contributed by atoms with E-state index in [0.29, 0.717) is 17.2 Å². The summed E-state index contributed by atoms with van der Waals surface area (Å²) in [6, 6.07) is 25.5. The second-order valence-electron chi connectivity index (χ2n) is 5.98. The minimum absolute atomic E-state index is 0.418. The Morgan fingerprint density at radius 2 is 1.69 bits per heavy atom. The molecule has 0 unspecified atom stereocenters. The van der Waals surface area contributed by atoms with Crippen molar-refractivity contribution < 1.29 is 4.74 Å². The molecular weight excluding hydrogens is 342 g/mol. The molecule has 0 saturated heterocycles. The predicted molar refractivity (Wildman–Crippen MR) is 107 cm³/mol. The molecule has 0 aliphatic rings. The van der Waals surface area contributed by atoms with Crippen LogP contribution in [0.3, 0.4) is 0 Å². The molecule has 0 radical (unpaired) electrons. The molecule has 0 fully saturated rings. The molecule has 3 heteroatoms. The van der Waals surface area contributed by atoms with Crippen molar-refractivity contribution in [2.24, 2.45) is 0 Å². The smallest absolute Gasteiger partial charge is 0.119 e. The van der Waals surface area contributed by atoms with Crippen LogP contribution in [0.15, 0.2) is 72.8 Å². The largest absolute Gasteiger partial charge is 0.489 e. The molecule has 3 aromatic carbocycles. The normalized spacial score (nSPS) is 11.0. The Kier molecular flexibility index (Phi) is 5.73. The molecule has 0 aliphatic heterocycles. The van der Waals surface area contributed by atoms with Gasteiger partial charge in [-0.3, -0.25) is 0 Å². The summed E-state index contributed by atoms with van der Waals surface area (Å²) in [7, 11) is 0. The van der Waals surface area contributed by atoms with Gasteiger partial charge in [-0.1, -0.05) is 71.8 Å². The van der Waals surface area contributed by atoms with Crippen LogP contribution in [0, 0.1) is 18.3 Å². The number of benzene rings is 3. The highest BCUT2D eigenvalue weighted by Crippen LogP contribution is 2.22. The lowest BCUT2D eigenvalue weighted by atomic mass is 10.0. The minimum atomic E-state index is 0.418. The Morgan fingerprint density at radius 1 is 1.00 bits per heavy atom. The fourth-order valence-corrected chi connectivity index (χ4v) is 2.71. The number of allylic oxidation sites excluding steroid dienone is 1. The predicted octanol–water partition coefficient (Wildman–Crippen LogP) is 6.29. The molecule has 0 spiro atoms. The van der Waals surface area contributed by atoms with Crippen molar-refractivity contribution in [3.63, 3.8) is 0 Å². The number of hydrogen-bond acceptors (Lipinski definition) is 2. The number of ether oxygens (including phenoxy) is 1. The Morgan fingerprint density at radius 3 is 2.35 bits per heavy atom. The Bertz CT molecular complexity index is 951. The second-order valence-corrected chi connectivity index (χ2v) is 6.39. The monoisotopic (exact) mass is 359 g/mol. The van der Waals surface area contributed by atoms with Crippen molar-refractivity contribution in [2.45, 2.75) is 13.5 Å². The number of hydrogen-bond donors (Lipinski definition) is 0. The van der Waals surface area contributed by atoms with E-state index in [2.05, 4.69) is 6.07 Å². The van der Waals surface area contributed by atoms with Crippen LogP contribution in [0.1, 0.15) is 22.3 Å². The quantitative estimate of drug-likeness (QED) is 0.396. The minimum Gasteiger partial charge on any atom is -0.489 e. The zero-order valence-electron chi connectivity index (χ0n) is 14.4. The molecule has 0 aliphatic carbocycles. The van der Waals surface area contributed by atoms with Gasteiger partial charge < -0.3 is 4.74 Å². The third kappa shape index (κ3) is 4.53.